The van der Waals surface area contributed by atoms with E-state index in [4.69, 9.17) is 25.8 Å². The average molecular weight is 407 g/mol. The fourth-order valence-electron chi connectivity index (χ4n) is 1.59. The Morgan fingerprint density at radius 2 is 1.12 bits per heavy atom. The minimum Gasteiger partial charge on any atom is -0.420 e. The van der Waals surface area contributed by atoms with Gasteiger partial charge in [0.15, 0.2) is 0 Å². The number of esters is 1. The Hall–Kier alpha value is -1.49. The topological polar surface area (TPSA) is 54.0 Å². The molecule has 0 aliphatic heterocycles. The van der Waals surface area contributed by atoms with Crippen molar-refractivity contribution in [2.45, 2.75) is 6.42 Å². The summed E-state index contributed by atoms with van der Waals surface area (Å²) in [5.74, 6) is -13.7. The highest BCUT2D eigenvalue weighted by molar-refractivity contribution is 6.17. The number of hydrogen-bond donors (Lipinski definition) is 0. The van der Waals surface area contributed by atoms with E-state index >= 15 is 0 Å². The zero-order valence-electron chi connectivity index (χ0n) is 13.5. The van der Waals surface area contributed by atoms with Crippen LogP contribution in [0.4, 0.5) is 22.0 Å². The lowest BCUT2D eigenvalue weighted by molar-refractivity contribution is -0.136. The number of hydrogen-bond acceptors (Lipinski definition) is 5. The standard InChI is InChI=1S/C15H16ClF5O5/c16-2-4-24-6-8-25-7-5-23-3-1-9(22)26-15-13(20)11(18)10(17)12(19)14(15)21/h1-8H2. The second-order valence-corrected chi connectivity index (χ2v) is 5.03. The van der Waals surface area contributed by atoms with Gasteiger partial charge in [-0.05, 0) is 0 Å². The molecular formula is C15H16ClF5O5. The van der Waals surface area contributed by atoms with Gasteiger partial charge in [0, 0.05) is 5.88 Å². The Labute approximate surface area is 150 Å². The average Bonchev–Trinajstić information content (AvgIpc) is 2.63. The third kappa shape index (κ3) is 7.02. The quantitative estimate of drug-likeness (QED) is 0.102. The predicted octanol–water partition coefficient (Wildman–Crippen LogP) is 2.97. The van der Waals surface area contributed by atoms with Gasteiger partial charge in [-0.1, -0.05) is 0 Å². The SMILES string of the molecule is O=C(CCOCCOCCOCCCl)Oc1c(F)c(F)c(F)c(F)c1F. The van der Waals surface area contributed by atoms with Gasteiger partial charge in [-0.15, -0.1) is 11.6 Å². The summed E-state index contributed by atoms with van der Waals surface area (Å²) in [6.45, 7) is 1.22. The molecule has 0 aliphatic rings. The number of carbonyl (C=O) groups is 1. The molecule has 0 aliphatic carbocycles. The molecule has 0 atom stereocenters. The number of benzene rings is 1. The molecule has 5 nitrogen and oxygen atoms in total. The fraction of sp³-hybridized carbons (Fsp3) is 0.533. The molecule has 1 aromatic rings. The molecule has 1 rings (SSSR count). The third-order valence-corrected chi connectivity index (χ3v) is 2.96. The number of carbonyl (C=O) groups excluding carboxylic acids is 1. The molecule has 11 heteroatoms. The van der Waals surface area contributed by atoms with Gasteiger partial charge < -0.3 is 18.9 Å². The fourth-order valence-corrected chi connectivity index (χ4v) is 1.70. The van der Waals surface area contributed by atoms with Gasteiger partial charge >= 0.3 is 5.97 Å². The molecule has 0 unspecified atom stereocenters. The molecule has 0 bridgehead atoms. The molecule has 1 aromatic carbocycles. The maximum absolute atomic E-state index is 13.3. The van der Waals surface area contributed by atoms with E-state index < -0.39 is 47.2 Å². The van der Waals surface area contributed by atoms with Crippen molar-refractivity contribution in [2.75, 3.05) is 45.5 Å². The van der Waals surface area contributed by atoms with Crippen molar-refractivity contribution in [3.8, 4) is 5.75 Å². The van der Waals surface area contributed by atoms with Gasteiger partial charge in [0.25, 0.3) is 0 Å². The number of alkyl halides is 1. The Kier molecular flexibility index (Phi) is 10.4. The van der Waals surface area contributed by atoms with Crippen LogP contribution in [0.25, 0.3) is 0 Å². The summed E-state index contributed by atoms with van der Waals surface area (Å²) in [5.41, 5.74) is 0. The Balaban J connectivity index is 2.28. The number of halogens is 6. The van der Waals surface area contributed by atoms with E-state index in [1.54, 1.807) is 0 Å². The minimum absolute atomic E-state index is 0.116. The first kappa shape index (κ1) is 22.6. The first-order valence-corrected chi connectivity index (χ1v) is 7.94. The smallest absolute Gasteiger partial charge is 0.313 e. The normalized spacial score (nSPS) is 11.0. The van der Waals surface area contributed by atoms with E-state index in [0.717, 1.165) is 0 Å². The molecule has 0 fully saturated rings. The van der Waals surface area contributed by atoms with Crippen LogP contribution in [0, 0.1) is 29.1 Å². The van der Waals surface area contributed by atoms with Crippen molar-refractivity contribution in [3.63, 3.8) is 0 Å². The zero-order chi connectivity index (χ0) is 19.5. The van der Waals surface area contributed by atoms with Gasteiger partial charge in [0.1, 0.15) is 0 Å². The van der Waals surface area contributed by atoms with E-state index in [9.17, 15) is 26.7 Å². The molecular weight excluding hydrogens is 391 g/mol. The van der Waals surface area contributed by atoms with Gasteiger partial charge in [0.2, 0.25) is 34.8 Å². The highest BCUT2D eigenvalue weighted by Gasteiger charge is 2.28. The summed E-state index contributed by atoms with van der Waals surface area (Å²) in [6, 6.07) is 0. The van der Waals surface area contributed by atoms with Crippen molar-refractivity contribution < 1.29 is 45.7 Å². The molecule has 0 N–H and O–H groups in total. The van der Waals surface area contributed by atoms with Gasteiger partial charge in [-0.25, -0.2) is 13.2 Å². The van der Waals surface area contributed by atoms with Crippen LogP contribution < -0.4 is 4.74 Å². The lowest BCUT2D eigenvalue weighted by Gasteiger charge is -2.09. The number of rotatable bonds is 12. The van der Waals surface area contributed by atoms with E-state index in [1.165, 1.54) is 0 Å². The van der Waals surface area contributed by atoms with Crippen LogP contribution >= 0.6 is 11.6 Å². The number of ether oxygens (including phenoxy) is 4. The van der Waals surface area contributed by atoms with Crippen LogP contribution in [0.15, 0.2) is 0 Å². The van der Waals surface area contributed by atoms with Crippen molar-refractivity contribution in [1.82, 2.24) is 0 Å². The largest absolute Gasteiger partial charge is 0.420 e. The van der Waals surface area contributed by atoms with E-state index in [0.29, 0.717) is 25.7 Å². The third-order valence-electron chi connectivity index (χ3n) is 2.80. The van der Waals surface area contributed by atoms with Gasteiger partial charge in [-0.2, -0.15) is 8.78 Å². The van der Waals surface area contributed by atoms with Crippen LogP contribution in [0.3, 0.4) is 0 Å². The molecule has 0 radical (unpaired) electrons. The van der Waals surface area contributed by atoms with E-state index in [1.807, 2.05) is 0 Å². The molecule has 0 heterocycles. The summed E-state index contributed by atoms with van der Waals surface area (Å²) in [7, 11) is 0. The van der Waals surface area contributed by atoms with Crippen LogP contribution in [0.1, 0.15) is 6.42 Å². The molecule has 0 amide bonds. The highest BCUT2D eigenvalue weighted by atomic mass is 35.5. The molecule has 0 saturated heterocycles. The predicted molar refractivity (Wildman–Crippen MR) is 79.7 cm³/mol. The molecule has 26 heavy (non-hydrogen) atoms. The van der Waals surface area contributed by atoms with E-state index in [-0.39, 0.29) is 19.8 Å². The van der Waals surface area contributed by atoms with Gasteiger partial charge in [0.05, 0.1) is 46.1 Å². The van der Waals surface area contributed by atoms with Crippen LogP contribution in [-0.4, -0.2) is 51.5 Å². The maximum atomic E-state index is 13.3. The van der Waals surface area contributed by atoms with Crippen LogP contribution in [0.5, 0.6) is 5.75 Å². The highest BCUT2D eigenvalue weighted by Crippen LogP contribution is 2.29. The Bertz CT molecular complexity index is 573. The molecule has 148 valence electrons. The summed E-state index contributed by atoms with van der Waals surface area (Å²) in [4.78, 5) is 11.4. The van der Waals surface area contributed by atoms with Crippen molar-refractivity contribution >= 4 is 17.6 Å². The summed E-state index contributed by atoms with van der Waals surface area (Å²) in [5, 5.41) is 0. The lowest BCUT2D eigenvalue weighted by atomic mass is 10.2. The first-order chi connectivity index (χ1) is 12.4. The van der Waals surface area contributed by atoms with Crippen LogP contribution in [-0.2, 0) is 19.0 Å². The van der Waals surface area contributed by atoms with Crippen LogP contribution in [0.2, 0.25) is 0 Å². The minimum atomic E-state index is -2.34. The molecule has 0 aromatic heterocycles. The Morgan fingerprint density at radius 3 is 1.62 bits per heavy atom. The van der Waals surface area contributed by atoms with Gasteiger partial charge in [-0.3, -0.25) is 4.79 Å². The molecule has 0 saturated carbocycles. The van der Waals surface area contributed by atoms with Crippen molar-refractivity contribution in [2.24, 2.45) is 0 Å². The first-order valence-electron chi connectivity index (χ1n) is 7.41. The zero-order valence-corrected chi connectivity index (χ0v) is 14.2. The van der Waals surface area contributed by atoms with Crippen molar-refractivity contribution in [3.05, 3.63) is 29.1 Å². The maximum Gasteiger partial charge on any atom is 0.313 e. The summed E-state index contributed by atoms with van der Waals surface area (Å²) in [6.07, 6.45) is -0.460. The second kappa shape index (κ2) is 12.0. The molecule has 0 spiro atoms. The lowest BCUT2D eigenvalue weighted by Crippen LogP contribution is -2.16. The second-order valence-electron chi connectivity index (χ2n) is 4.65. The van der Waals surface area contributed by atoms with E-state index in [2.05, 4.69) is 4.74 Å². The summed E-state index contributed by atoms with van der Waals surface area (Å²) < 4.78 is 84.9. The Morgan fingerprint density at radius 1 is 0.692 bits per heavy atom. The van der Waals surface area contributed by atoms with Crippen molar-refractivity contribution in [1.29, 1.82) is 0 Å². The summed E-state index contributed by atoms with van der Waals surface area (Å²) >= 11 is 5.40. The monoisotopic (exact) mass is 406 g/mol.